The fraction of sp³-hybridized carbons (Fsp3) is 0.500. The van der Waals surface area contributed by atoms with Gasteiger partial charge in [0.25, 0.3) is 0 Å². The molecule has 15 heavy (non-hydrogen) atoms. The molecule has 1 atom stereocenters. The number of nitrogens with two attached hydrogens (primary N) is 1. The van der Waals surface area contributed by atoms with Crippen LogP contribution in [0.4, 0.5) is 0 Å². The summed E-state index contributed by atoms with van der Waals surface area (Å²) < 4.78 is 5.15. The van der Waals surface area contributed by atoms with Crippen molar-refractivity contribution in [3.05, 3.63) is 22.4 Å². The average Bonchev–Trinajstić information content (AvgIpc) is 2.69. The predicted octanol–water partition coefficient (Wildman–Crippen LogP) is 1.11. The van der Waals surface area contributed by atoms with E-state index >= 15 is 0 Å². The van der Waals surface area contributed by atoms with Gasteiger partial charge in [0.2, 0.25) is 0 Å². The summed E-state index contributed by atoms with van der Waals surface area (Å²) in [5.74, 6) is -1.02. The molecular weight excluding hydrogens is 214 g/mol. The van der Waals surface area contributed by atoms with E-state index in [1.807, 2.05) is 5.38 Å². The summed E-state index contributed by atoms with van der Waals surface area (Å²) in [5, 5.41) is 12.6. The molecule has 1 rings (SSSR count). The topological polar surface area (TPSA) is 72.5 Å². The largest absolute Gasteiger partial charge is 0.480 e. The Morgan fingerprint density at radius 1 is 1.67 bits per heavy atom. The number of carboxylic acid groups (broad SMARTS) is 1. The van der Waals surface area contributed by atoms with Crippen LogP contribution in [0, 0.1) is 0 Å². The summed E-state index contributed by atoms with van der Waals surface area (Å²) in [6, 6.07) is 1.17. The normalized spacial score (nSPS) is 12.6. The number of aliphatic carboxylic acids is 1. The lowest BCUT2D eigenvalue weighted by atomic mass is 10.2. The maximum Gasteiger partial charge on any atom is 0.322 e. The van der Waals surface area contributed by atoms with Gasteiger partial charge in [-0.1, -0.05) is 0 Å². The Morgan fingerprint density at radius 3 is 3.07 bits per heavy atom. The van der Waals surface area contributed by atoms with Crippen LogP contribution < -0.4 is 5.73 Å². The lowest BCUT2D eigenvalue weighted by Gasteiger charge is -2.06. The number of carbonyl (C=O) groups is 1. The van der Waals surface area contributed by atoms with Crippen LogP contribution >= 0.6 is 11.3 Å². The summed E-state index contributed by atoms with van der Waals surface area (Å²) in [7, 11) is 0. The Bertz CT molecular complexity index is 287. The van der Waals surface area contributed by atoms with E-state index in [0.29, 0.717) is 6.61 Å². The summed E-state index contributed by atoms with van der Waals surface area (Å²) in [6.07, 6.45) is 1.86. The molecule has 0 spiro atoms. The molecule has 84 valence electrons. The van der Waals surface area contributed by atoms with Gasteiger partial charge in [-0.3, -0.25) is 4.79 Å². The van der Waals surface area contributed by atoms with Gasteiger partial charge in [0, 0.05) is 6.61 Å². The molecule has 0 unspecified atom stereocenters. The van der Waals surface area contributed by atoms with Gasteiger partial charge in [-0.05, 0) is 35.2 Å². The Morgan fingerprint density at radius 2 is 2.47 bits per heavy atom. The number of carboxylic acids is 1. The first-order valence-electron chi connectivity index (χ1n) is 4.77. The minimum Gasteiger partial charge on any atom is -0.480 e. The molecule has 1 aromatic rings. The quantitative estimate of drug-likeness (QED) is 0.687. The van der Waals surface area contributed by atoms with Gasteiger partial charge < -0.3 is 15.6 Å². The Hall–Kier alpha value is -0.910. The molecule has 0 aliphatic heterocycles. The number of hydrogen-bond acceptors (Lipinski definition) is 4. The SMILES string of the molecule is N[C@@H](COCCCc1ccsc1)C(=O)O. The molecule has 5 heteroatoms. The fourth-order valence-corrected chi connectivity index (χ4v) is 1.80. The van der Waals surface area contributed by atoms with Crippen LogP contribution in [0.1, 0.15) is 12.0 Å². The van der Waals surface area contributed by atoms with Crippen LogP contribution in [-0.2, 0) is 16.0 Å². The molecule has 0 bridgehead atoms. The number of aryl methyl sites for hydroxylation is 1. The lowest BCUT2D eigenvalue weighted by molar-refractivity contribution is -0.140. The zero-order chi connectivity index (χ0) is 11.1. The molecular formula is C10H15NO3S. The smallest absolute Gasteiger partial charge is 0.322 e. The minimum atomic E-state index is -1.02. The third-order valence-electron chi connectivity index (χ3n) is 1.95. The van der Waals surface area contributed by atoms with Gasteiger partial charge in [-0.15, -0.1) is 0 Å². The minimum absolute atomic E-state index is 0.0823. The molecule has 1 aromatic heterocycles. The first kappa shape index (κ1) is 12.2. The van der Waals surface area contributed by atoms with E-state index in [1.54, 1.807) is 11.3 Å². The van der Waals surface area contributed by atoms with E-state index in [0.717, 1.165) is 12.8 Å². The van der Waals surface area contributed by atoms with Crippen molar-refractivity contribution in [1.82, 2.24) is 0 Å². The standard InChI is InChI=1S/C10H15NO3S/c11-9(10(12)13)6-14-4-1-2-8-3-5-15-7-8/h3,5,7,9H,1-2,4,6,11H2,(H,12,13)/t9-/m0/s1. The fourth-order valence-electron chi connectivity index (χ4n) is 1.09. The van der Waals surface area contributed by atoms with E-state index in [4.69, 9.17) is 15.6 Å². The maximum atomic E-state index is 10.3. The maximum absolute atomic E-state index is 10.3. The van der Waals surface area contributed by atoms with Gasteiger partial charge in [0.15, 0.2) is 0 Å². The second kappa shape index (κ2) is 6.55. The van der Waals surface area contributed by atoms with Gasteiger partial charge in [0.1, 0.15) is 6.04 Å². The van der Waals surface area contributed by atoms with E-state index in [9.17, 15) is 4.79 Å². The average molecular weight is 229 g/mol. The van der Waals surface area contributed by atoms with Crippen LogP contribution in [-0.4, -0.2) is 30.3 Å². The van der Waals surface area contributed by atoms with Crippen molar-refractivity contribution < 1.29 is 14.6 Å². The summed E-state index contributed by atoms with van der Waals surface area (Å²) >= 11 is 1.67. The summed E-state index contributed by atoms with van der Waals surface area (Å²) in [4.78, 5) is 10.3. The zero-order valence-electron chi connectivity index (χ0n) is 8.39. The van der Waals surface area contributed by atoms with E-state index < -0.39 is 12.0 Å². The van der Waals surface area contributed by atoms with Crippen molar-refractivity contribution >= 4 is 17.3 Å². The molecule has 0 aliphatic carbocycles. The van der Waals surface area contributed by atoms with Crippen molar-refractivity contribution in [3.63, 3.8) is 0 Å². The molecule has 3 N–H and O–H groups in total. The van der Waals surface area contributed by atoms with Gasteiger partial charge >= 0.3 is 5.97 Å². The lowest BCUT2D eigenvalue weighted by Crippen LogP contribution is -2.35. The molecule has 0 aromatic carbocycles. The second-order valence-corrected chi connectivity index (χ2v) is 4.03. The van der Waals surface area contributed by atoms with E-state index in [2.05, 4.69) is 11.4 Å². The number of hydrogen-bond donors (Lipinski definition) is 2. The van der Waals surface area contributed by atoms with Crippen molar-refractivity contribution in [2.24, 2.45) is 5.73 Å². The van der Waals surface area contributed by atoms with Crippen LogP contribution in [0.5, 0.6) is 0 Å². The molecule has 0 saturated carbocycles. The first-order chi connectivity index (χ1) is 7.20. The van der Waals surface area contributed by atoms with Gasteiger partial charge in [-0.2, -0.15) is 11.3 Å². The third-order valence-corrected chi connectivity index (χ3v) is 2.68. The first-order valence-corrected chi connectivity index (χ1v) is 5.71. The monoisotopic (exact) mass is 229 g/mol. The van der Waals surface area contributed by atoms with Crippen molar-refractivity contribution in [2.45, 2.75) is 18.9 Å². The summed E-state index contributed by atoms with van der Waals surface area (Å²) in [5.41, 5.74) is 6.57. The van der Waals surface area contributed by atoms with Crippen LogP contribution in [0.15, 0.2) is 16.8 Å². The van der Waals surface area contributed by atoms with Crippen LogP contribution in [0.3, 0.4) is 0 Å². The van der Waals surface area contributed by atoms with E-state index in [1.165, 1.54) is 5.56 Å². The third kappa shape index (κ3) is 4.92. The highest BCUT2D eigenvalue weighted by molar-refractivity contribution is 7.07. The Kier molecular flexibility index (Phi) is 5.31. The number of ether oxygens (including phenoxy) is 1. The molecule has 0 radical (unpaired) electrons. The van der Waals surface area contributed by atoms with E-state index in [-0.39, 0.29) is 6.61 Å². The second-order valence-electron chi connectivity index (χ2n) is 3.25. The molecule has 0 amide bonds. The van der Waals surface area contributed by atoms with Gasteiger partial charge in [0.05, 0.1) is 6.61 Å². The van der Waals surface area contributed by atoms with Crippen LogP contribution in [0.25, 0.3) is 0 Å². The Labute approximate surface area is 92.7 Å². The highest BCUT2D eigenvalue weighted by Crippen LogP contribution is 2.08. The predicted molar refractivity (Wildman–Crippen MR) is 59.1 cm³/mol. The van der Waals surface area contributed by atoms with Crippen molar-refractivity contribution in [2.75, 3.05) is 13.2 Å². The highest BCUT2D eigenvalue weighted by atomic mass is 32.1. The van der Waals surface area contributed by atoms with Crippen molar-refractivity contribution in [3.8, 4) is 0 Å². The molecule has 0 aliphatic rings. The summed E-state index contributed by atoms with van der Waals surface area (Å²) in [6.45, 7) is 0.635. The Balaban J connectivity index is 2.00. The molecule has 4 nitrogen and oxygen atoms in total. The number of rotatable bonds is 7. The number of thiophene rings is 1. The van der Waals surface area contributed by atoms with Crippen molar-refractivity contribution in [1.29, 1.82) is 0 Å². The zero-order valence-corrected chi connectivity index (χ0v) is 9.20. The highest BCUT2D eigenvalue weighted by Gasteiger charge is 2.10. The molecule has 0 fully saturated rings. The molecule has 1 heterocycles. The van der Waals surface area contributed by atoms with Crippen LogP contribution in [0.2, 0.25) is 0 Å². The van der Waals surface area contributed by atoms with Gasteiger partial charge in [-0.25, -0.2) is 0 Å². The molecule has 0 saturated heterocycles.